The normalized spacial score (nSPS) is 11.1. The number of benzene rings is 2. The number of nitrogens with one attached hydrogen (secondary N) is 2. The van der Waals surface area contributed by atoms with E-state index in [4.69, 9.17) is 15.5 Å². The highest BCUT2D eigenvalue weighted by Crippen LogP contribution is 2.29. The molecule has 6 aromatic rings. The molecule has 0 spiro atoms. The Morgan fingerprint density at radius 3 is 1.88 bits per heavy atom. The Labute approximate surface area is 289 Å². The van der Waals surface area contributed by atoms with Crippen LogP contribution in [0.15, 0.2) is 48.5 Å². The van der Waals surface area contributed by atoms with Crippen molar-refractivity contribution in [3.63, 3.8) is 0 Å². The molecule has 15 heteroatoms. The van der Waals surface area contributed by atoms with Crippen molar-refractivity contribution >= 4 is 51.7 Å². The number of methoxy groups -OCH3 is 1. The maximum absolute atomic E-state index is 13.4. The van der Waals surface area contributed by atoms with Crippen molar-refractivity contribution in [2.24, 2.45) is 5.73 Å². The van der Waals surface area contributed by atoms with Crippen LogP contribution in [0.2, 0.25) is 0 Å². The van der Waals surface area contributed by atoms with Crippen LogP contribution in [0.25, 0.3) is 22.1 Å². The van der Waals surface area contributed by atoms with Crippen LogP contribution in [0.3, 0.4) is 0 Å². The van der Waals surface area contributed by atoms with Gasteiger partial charge in [0.1, 0.15) is 22.7 Å². The number of imidazole rings is 2. The van der Waals surface area contributed by atoms with Crippen molar-refractivity contribution in [1.82, 2.24) is 38.7 Å². The van der Waals surface area contributed by atoms with Crippen molar-refractivity contribution in [2.45, 2.75) is 74.1 Å². The van der Waals surface area contributed by atoms with E-state index in [0.29, 0.717) is 84.7 Å². The average Bonchev–Trinajstić information content (AvgIpc) is 3.85. The molecule has 262 valence electrons. The lowest BCUT2D eigenvalue weighted by Gasteiger charge is -2.13. The van der Waals surface area contributed by atoms with Gasteiger partial charge in [-0.05, 0) is 83.0 Å². The SMILES string of the molecule is C.CCn1nc(C)cc1C(=O)Nc1nc2cc(C(N)=O)ccc2n1CCCCn1c(NC(=O)c2cc(C)nn2CC)nc2c(OC)cccc21. The molecule has 0 aliphatic carbocycles. The van der Waals surface area contributed by atoms with Gasteiger partial charge in [0.2, 0.25) is 17.8 Å². The summed E-state index contributed by atoms with van der Waals surface area (Å²) in [6.45, 7) is 9.65. The number of hydrogen-bond acceptors (Lipinski definition) is 8. The molecule has 0 fully saturated rings. The molecule has 0 atom stereocenters. The minimum atomic E-state index is -0.564. The first-order chi connectivity index (χ1) is 23.6. The van der Waals surface area contributed by atoms with E-state index in [-0.39, 0.29) is 19.2 Å². The average molecular weight is 682 g/mol. The number of fused-ring (bicyclic) bond motifs is 2. The number of rotatable bonds is 13. The maximum Gasteiger partial charge on any atom is 0.276 e. The van der Waals surface area contributed by atoms with Crippen molar-refractivity contribution < 1.29 is 19.1 Å². The van der Waals surface area contributed by atoms with Gasteiger partial charge >= 0.3 is 0 Å². The van der Waals surface area contributed by atoms with Crippen LogP contribution in [-0.2, 0) is 26.2 Å². The monoisotopic (exact) mass is 681 g/mol. The van der Waals surface area contributed by atoms with E-state index >= 15 is 0 Å². The number of unbranched alkanes of at least 4 members (excludes halogenated alkanes) is 1. The lowest BCUT2D eigenvalue weighted by atomic mass is 10.2. The molecule has 6 rings (SSSR count). The second-order valence-electron chi connectivity index (χ2n) is 11.7. The fraction of sp³-hybridized carbons (Fsp3) is 0.343. The molecule has 15 nitrogen and oxygen atoms in total. The van der Waals surface area contributed by atoms with E-state index < -0.39 is 5.91 Å². The van der Waals surface area contributed by atoms with E-state index in [9.17, 15) is 14.4 Å². The van der Waals surface area contributed by atoms with Gasteiger partial charge in [-0.15, -0.1) is 0 Å². The first-order valence-corrected chi connectivity index (χ1v) is 16.2. The van der Waals surface area contributed by atoms with Crippen LogP contribution in [0.5, 0.6) is 5.75 Å². The number of para-hydroxylation sites is 1. The van der Waals surface area contributed by atoms with Gasteiger partial charge in [-0.1, -0.05) is 13.5 Å². The number of nitrogens with two attached hydrogens (primary N) is 1. The second-order valence-corrected chi connectivity index (χ2v) is 11.7. The number of carbonyl (C=O) groups excluding carboxylic acids is 3. The molecule has 2 aromatic carbocycles. The predicted octanol–water partition coefficient (Wildman–Crippen LogP) is 5.16. The van der Waals surface area contributed by atoms with Gasteiger partial charge in [-0.25, -0.2) is 9.97 Å². The summed E-state index contributed by atoms with van der Waals surface area (Å²) in [5.41, 5.74) is 10.9. The van der Waals surface area contributed by atoms with Gasteiger partial charge in [0, 0.05) is 31.7 Å². The zero-order valence-electron chi connectivity index (χ0n) is 28.1. The molecule has 0 aliphatic heterocycles. The third-order valence-electron chi connectivity index (χ3n) is 8.33. The van der Waals surface area contributed by atoms with Crippen molar-refractivity contribution in [3.05, 3.63) is 76.9 Å². The Balaban J connectivity index is 0.00000486. The largest absolute Gasteiger partial charge is 0.494 e. The number of amides is 3. The number of carbonyl (C=O) groups is 3. The van der Waals surface area contributed by atoms with Crippen LogP contribution in [0.4, 0.5) is 11.9 Å². The first-order valence-electron chi connectivity index (χ1n) is 16.2. The van der Waals surface area contributed by atoms with E-state index in [1.54, 1.807) is 46.8 Å². The third kappa shape index (κ3) is 6.79. The van der Waals surface area contributed by atoms with Crippen molar-refractivity contribution in [1.29, 1.82) is 0 Å². The number of primary amides is 1. The lowest BCUT2D eigenvalue weighted by Crippen LogP contribution is -2.20. The molecule has 0 aliphatic rings. The molecule has 4 N–H and O–H groups in total. The fourth-order valence-electron chi connectivity index (χ4n) is 6.02. The zero-order chi connectivity index (χ0) is 34.8. The summed E-state index contributed by atoms with van der Waals surface area (Å²) in [4.78, 5) is 48.1. The van der Waals surface area contributed by atoms with Crippen molar-refractivity contribution in [3.8, 4) is 5.75 Å². The zero-order valence-corrected chi connectivity index (χ0v) is 28.1. The molecule has 0 radical (unpaired) electrons. The number of aryl methyl sites for hydroxylation is 6. The number of aromatic nitrogens is 8. The van der Waals surface area contributed by atoms with Crippen LogP contribution in [0.1, 0.15) is 76.8 Å². The van der Waals surface area contributed by atoms with Gasteiger partial charge in [-0.3, -0.25) is 34.4 Å². The first kappa shape index (κ1) is 35.3. The van der Waals surface area contributed by atoms with Crippen LogP contribution >= 0.6 is 0 Å². The Morgan fingerprint density at radius 2 is 1.34 bits per heavy atom. The predicted molar refractivity (Wildman–Crippen MR) is 192 cm³/mol. The number of hydrogen-bond donors (Lipinski definition) is 3. The summed E-state index contributed by atoms with van der Waals surface area (Å²) >= 11 is 0. The maximum atomic E-state index is 13.4. The molecular formula is C35H43N11O4. The molecule has 4 aromatic heterocycles. The van der Waals surface area contributed by atoms with E-state index in [1.807, 2.05) is 55.0 Å². The standard InChI is InChI=1S/C34H39N11O4.CH4/c1-6-44-26(17-20(3)40-44)31(47)38-33-36-23-19-22(30(35)46)13-14-24(23)42(33)15-8-9-16-43-25-11-10-12-28(49-5)29(25)37-34(43)39-32(48)27-18-21(4)41-45(27)7-2;/h10-14,17-19H,6-9,15-16H2,1-5H3,(H2,35,46)(H,36,38,47)(H,37,39,48);1H4. The highest BCUT2D eigenvalue weighted by Gasteiger charge is 2.21. The molecule has 3 amide bonds. The topological polar surface area (TPSA) is 182 Å². The van der Waals surface area contributed by atoms with Crippen LogP contribution in [0, 0.1) is 13.8 Å². The quantitative estimate of drug-likeness (QED) is 0.140. The Morgan fingerprint density at radius 1 is 0.780 bits per heavy atom. The van der Waals surface area contributed by atoms with E-state index in [1.165, 1.54) is 0 Å². The van der Waals surface area contributed by atoms with Gasteiger partial charge in [0.15, 0.2) is 0 Å². The summed E-state index contributed by atoms with van der Waals surface area (Å²) in [5.74, 6) is 0.129. The second kappa shape index (κ2) is 14.6. The summed E-state index contributed by atoms with van der Waals surface area (Å²) in [6, 6.07) is 14.2. The molecule has 0 unspecified atom stereocenters. The Hall–Kier alpha value is -5.99. The number of anilines is 2. The van der Waals surface area contributed by atoms with E-state index in [0.717, 1.165) is 22.4 Å². The summed E-state index contributed by atoms with van der Waals surface area (Å²) in [5, 5.41) is 14.7. The smallest absolute Gasteiger partial charge is 0.276 e. The molecule has 4 heterocycles. The summed E-state index contributed by atoms with van der Waals surface area (Å²) < 4.78 is 12.8. The third-order valence-corrected chi connectivity index (χ3v) is 8.33. The molecule has 0 bridgehead atoms. The van der Waals surface area contributed by atoms with Gasteiger partial charge in [0.05, 0.1) is 35.0 Å². The molecule has 0 saturated heterocycles. The van der Waals surface area contributed by atoms with Gasteiger partial charge in [0.25, 0.3) is 11.8 Å². The van der Waals surface area contributed by atoms with Crippen LogP contribution in [-0.4, -0.2) is 63.5 Å². The highest BCUT2D eigenvalue weighted by molar-refractivity contribution is 6.04. The lowest BCUT2D eigenvalue weighted by molar-refractivity contribution is 0.0995. The molecule has 50 heavy (non-hydrogen) atoms. The number of ether oxygens (including phenoxy) is 1. The fourth-order valence-corrected chi connectivity index (χ4v) is 6.02. The van der Waals surface area contributed by atoms with Gasteiger partial charge < -0.3 is 19.6 Å². The summed E-state index contributed by atoms with van der Waals surface area (Å²) in [7, 11) is 1.59. The van der Waals surface area contributed by atoms with Gasteiger partial charge in [-0.2, -0.15) is 10.2 Å². The van der Waals surface area contributed by atoms with E-state index in [2.05, 4.69) is 25.8 Å². The Kier molecular flexibility index (Phi) is 10.3. The minimum Gasteiger partial charge on any atom is -0.494 e. The highest BCUT2D eigenvalue weighted by atomic mass is 16.5. The molecular weight excluding hydrogens is 638 g/mol. The molecule has 0 saturated carbocycles. The summed E-state index contributed by atoms with van der Waals surface area (Å²) in [6.07, 6.45) is 1.36. The van der Waals surface area contributed by atoms with Crippen LogP contribution < -0.4 is 21.1 Å². The Bertz CT molecular complexity index is 2200. The number of nitrogens with zero attached hydrogens (tertiary/aromatic N) is 8. The van der Waals surface area contributed by atoms with Crippen molar-refractivity contribution in [2.75, 3.05) is 17.7 Å². The minimum absolute atomic E-state index is 0.